The topological polar surface area (TPSA) is 15.6 Å². The van der Waals surface area contributed by atoms with Gasteiger partial charge in [-0.25, -0.2) is 4.99 Å². The monoisotopic (exact) mass is 534 g/mol. The van der Waals surface area contributed by atoms with E-state index < -0.39 is 0 Å². The standard InChI is InChI=1S/C29H21Cl3N2S/c30-22-10-4-18(5-11-22)16-21-2-1-3-25-27(21)33-29-34(28(25)20-8-14-24(32)15-9-20)26(17-35-29)19-6-12-23(31)13-7-19/h4-17,28H,1-3H2/b21-16+. The van der Waals surface area contributed by atoms with Crippen molar-refractivity contribution in [3.63, 3.8) is 0 Å². The molecule has 0 amide bonds. The number of aliphatic imine (C=N–C) groups is 1. The molecule has 3 aromatic carbocycles. The molecule has 3 aromatic rings. The fraction of sp³-hybridized carbons (Fsp3) is 0.138. The lowest BCUT2D eigenvalue weighted by Gasteiger charge is -2.40. The average Bonchev–Trinajstić information content (AvgIpc) is 3.29. The summed E-state index contributed by atoms with van der Waals surface area (Å²) in [7, 11) is 0. The molecule has 0 spiro atoms. The highest BCUT2D eigenvalue weighted by molar-refractivity contribution is 8.16. The van der Waals surface area contributed by atoms with Crippen LogP contribution in [-0.4, -0.2) is 10.1 Å². The summed E-state index contributed by atoms with van der Waals surface area (Å²) in [5, 5.41) is 5.42. The van der Waals surface area contributed by atoms with Crippen molar-refractivity contribution in [2.24, 2.45) is 4.99 Å². The predicted octanol–water partition coefficient (Wildman–Crippen LogP) is 9.63. The van der Waals surface area contributed by atoms with E-state index in [2.05, 4.69) is 52.8 Å². The maximum atomic E-state index is 6.27. The Morgan fingerprint density at radius 1 is 0.800 bits per heavy atom. The largest absolute Gasteiger partial charge is 0.308 e. The Bertz CT molecular complexity index is 1400. The number of amidine groups is 1. The number of hydrogen-bond donors (Lipinski definition) is 0. The van der Waals surface area contributed by atoms with Gasteiger partial charge in [0.1, 0.15) is 0 Å². The lowest BCUT2D eigenvalue weighted by Crippen LogP contribution is -2.34. The van der Waals surface area contributed by atoms with Gasteiger partial charge in [-0.05, 0) is 89.6 Å². The minimum atomic E-state index is 0.0561. The lowest BCUT2D eigenvalue weighted by atomic mass is 9.83. The van der Waals surface area contributed by atoms with Gasteiger partial charge in [-0.1, -0.05) is 83.0 Å². The van der Waals surface area contributed by atoms with Crippen LogP contribution in [0.1, 0.15) is 42.0 Å². The van der Waals surface area contributed by atoms with Crippen LogP contribution in [0.15, 0.2) is 100 Å². The second kappa shape index (κ2) is 9.55. The molecule has 1 unspecified atom stereocenters. The summed E-state index contributed by atoms with van der Waals surface area (Å²) >= 11 is 20.2. The van der Waals surface area contributed by atoms with Crippen LogP contribution in [0.25, 0.3) is 11.8 Å². The summed E-state index contributed by atoms with van der Waals surface area (Å²) in [6, 6.07) is 24.3. The number of hydrogen-bond acceptors (Lipinski definition) is 3. The number of halogens is 3. The molecule has 2 heterocycles. The SMILES string of the molecule is Clc1ccc(/C=C2\CCCC3=C2N=C2SC=C(c4ccc(Cl)cc4)N2C3c2ccc(Cl)cc2)cc1. The second-order valence-electron chi connectivity index (χ2n) is 8.79. The van der Waals surface area contributed by atoms with E-state index >= 15 is 0 Å². The smallest absolute Gasteiger partial charge is 0.174 e. The van der Waals surface area contributed by atoms with Crippen LogP contribution in [0.3, 0.4) is 0 Å². The number of allylic oxidation sites excluding steroid dienone is 1. The van der Waals surface area contributed by atoms with Crippen molar-refractivity contribution in [2.45, 2.75) is 25.3 Å². The van der Waals surface area contributed by atoms with E-state index in [0.29, 0.717) is 0 Å². The van der Waals surface area contributed by atoms with E-state index in [1.165, 1.54) is 16.7 Å². The number of rotatable bonds is 3. The van der Waals surface area contributed by atoms with E-state index in [-0.39, 0.29) is 6.04 Å². The molecule has 1 atom stereocenters. The zero-order valence-electron chi connectivity index (χ0n) is 18.7. The van der Waals surface area contributed by atoms with Crippen molar-refractivity contribution in [1.29, 1.82) is 0 Å². The molecule has 2 nitrogen and oxygen atoms in total. The van der Waals surface area contributed by atoms with E-state index in [9.17, 15) is 0 Å². The number of thioether (sulfide) groups is 1. The van der Waals surface area contributed by atoms with Crippen molar-refractivity contribution in [3.8, 4) is 0 Å². The van der Waals surface area contributed by atoms with Crippen molar-refractivity contribution < 1.29 is 0 Å². The fourth-order valence-corrected chi connectivity index (χ4v) is 6.26. The average molecular weight is 536 g/mol. The highest BCUT2D eigenvalue weighted by Gasteiger charge is 2.40. The van der Waals surface area contributed by atoms with Gasteiger partial charge in [0.05, 0.1) is 17.4 Å². The molecule has 0 N–H and O–H groups in total. The molecule has 3 aliphatic rings. The molecular formula is C29H21Cl3N2S. The van der Waals surface area contributed by atoms with Crippen LogP contribution in [0.4, 0.5) is 0 Å². The van der Waals surface area contributed by atoms with E-state index in [1.807, 2.05) is 36.4 Å². The molecule has 1 aliphatic carbocycles. The molecule has 0 bridgehead atoms. The van der Waals surface area contributed by atoms with E-state index in [4.69, 9.17) is 39.8 Å². The van der Waals surface area contributed by atoms with Crippen LogP contribution in [-0.2, 0) is 0 Å². The third-order valence-electron chi connectivity index (χ3n) is 6.57. The first-order valence-electron chi connectivity index (χ1n) is 11.5. The molecule has 0 aromatic heterocycles. The maximum absolute atomic E-state index is 6.27. The van der Waals surface area contributed by atoms with Crippen LogP contribution < -0.4 is 0 Å². The van der Waals surface area contributed by atoms with Crippen molar-refractivity contribution in [3.05, 3.63) is 127 Å². The van der Waals surface area contributed by atoms with Crippen LogP contribution in [0, 0.1) is 0 Å². The molecule has 0 saturated carbocycles. The zero-order chi connectivity index (χ0) is 23.9. The predicted molar refractivity (Wildman–Crippen MR) is 151 cm³/mol. The fourth-order valence-electron chi connectivity index (χ4n) is 4.95. The van der Waals surface area contributed by atoms with E-state index in [1.54, 1.807) is 11.8 Å². The van der Waals surface area contributed by atoms with Gasteiger partial charge in [0, 0.05) is 20.5 Å². The molecule has 2 aliphatic heterocycles. The Kier molecular flexibility index (Phi) is 6.28. The molecule has 6 rings (SSSR count). The summed E-state index contributed by atoms with van der Waals surface area (Å²) in [6.07, 6.45) is 5.37. The Hall–Kier alpha value is -2.43. The van der Waals surface area contributed by atoms with Crippen LogP contribution in [0.2, 0.25) is 15.1 Å². The van der Waals surface area contributed by atoms with Crippen molar-refractivity contribution in [2.75, 3.05) is 0 Å². The third kappa shape index (κ3) is 4.47. The molecule has 174 valence electrons. The molecular weight excluding hydrogens is 515 g/mol. The minimum Gasteiger partial charge on any atom is -0.308 e. The number of fused-ring (bicyclic) bond motifs is 1. The van der Waals surface area contributed by atoms with Gasteiger partial charge in [-0.3, -0.25) is 0 Å². The van der Waals surface area contributed by atoms with Gasteiger partial charge in [0.2, 0.25) is 0 Å². The van der Waals surface area contributed by atoms with Gasteiger partial charge in [0.25, 0.3) is 0 Å². The highest BCUT2D eigenvalue weighted by atomic mass is 35.5. The summed E-state index contributed by atoms with van der Waals surface area (Å²) in [4.78, 5) is 7.61. The summed E-state index contributed by atoms with van der Waals surface area (Å²) in [5.74, 6) is 0. The van der Waals surface area contributed by atoms with Gasteiger partial charge in [0.15, 0.2) is 5.17 Å². The summed E-state index contributed by atoms with van der Waals surface area (Å²) in [5.41, 5.74) is 8.38. The van der Waals surface area contributed by atoms with Crippen LogP contribution in [0.5, 0.6) is 0 Å². The normalized spacial score (nSPS) is 20.5. The number of nitrogens with zero attached hydrogens (tertiary/aromatic N) is 2. The molecule has 35 heavy (non-hydrogen) atoms. The minimum absolute atomic E-state index is 0.0561. The first kappa shape index (κ1) is 23.0. The second-order valence-corrected chi connectivity index (χ2v) is 10.9. The molecule has 0 fully saturated rings. The Morgan fingerprint density at radius 3 is 2.11 bits per heavy atom. The quantitative estimate of drug-likeness (QED) is 0.332. The van der Waals surface area contributed by atoms with Crippen molar-refractivity contribution in [1.82, 2.24) is 4.90 Å². The maximum Gasteiger partial charge on any atom is 0.174 e. The van der Waals surface area contributed by atoms with Gasteiger partial charge in [-0.2, -0.15) is 0 Å². The Morgan fingerprint density at radius 2 is 1.43 bits per heavy atom. The van der Waals surface area contributed by atoms with Crippen LogP contribution >= 0.6 is 46.6 Å². The molecule has 0 radical (unpaired) electrons. The zero-order valence-corrected chi connectivity index (χ0v) is 21.8. The summed E-state index contributed by atoms with van der Waals surface area (Å²) in [6.45, 7) is 0. The highest BCUT2D eigenvalue weighted by Crippen LogP contribution is 2.51. The van der Waals surface area contributed by atoms with Gasteiger partial charge in [-0.15, -0.1) is 0 Å². The van der Waals surface area contributed by atoms with Crippen molar-refractivity contribution >= 4 is 63.5 Å². The van der Waals surface area contributed by atoms with Gasteiger partial charge >= 0.3 is 0 Å². The Balaban J connectivity index is 1.48. The lowest BCUT2D eigenvalue weighted by molar-refractivity contribution is 0.458. The summed E-state index contributed by atoms with van der Waals surface area (Å²) < 4.78 is 0. The molecule has 0 saturated heterocycles. The Labute approximate surface area is 224 Å². The first-order chi connectivity index (χ1) is 17.1. The first-order valence-corrected chi connectivity index (χ1v) is 13.5. The molecule has 6 heteroatoms. The number of benzene rings is 3. The van der Waals surface area contributed by atoms with Gasteiger partial charge < -0.3 is 4.90 Å². The third-order valence-corrected chi connectivity index (χ3v) is 8.17. The van der Waals surface area contributed by atoms with E-state index in [0.717, 1.165) is 62.0 Å².